The third kappa shape index (κ3) is 6.25. The van der Waals surface area contributed by atoms with Gasteiger partial charge in [-0.05, 0) is 87.5 Å². The Labute approximate surface area is 196 Å². The van der Waals surface area contributed by atoms with Gasteiger partial charge in [0.25, 0.3) is 0 Å². The Morgan fingerprint density at radius 2 is 2.00 bits per heavy atom. The summed E-state index contributed by atoms with van der Waals surface area (Å²) in [7, 11) is 0. The summed E-state index contributed by atoms with van der Waals surface area (Å²) in [6.45, 7) is 13.1. The van der Waals surface area contributed by atoms with Crippen LogP contribution in [0.25, 0.3) is 0 Å². The molecule has 0 unspecified atom stereocenters. The molecule has 6 atom stereocenters. The zero-order valence-electron chi connectivity index (χ0n) is 20.3. The molecule has 0 saturated heterocycles. The molecule has 3 aliphatic carbocycles. The molecule has 0 heterocycles. The van der Waals surface area contributed by atoms with Crippen LogP contribution in [0.3, 0.4) is 0 Å². The Balaban J connectivity index is 0.00000341. The molecule has 0 aromatic carbocycles. The van der Waals surface area contributed by atoms with Crippen molar-refractivity contribution in [1.29, 1.82) is 0 Å². The van der Waals surface area contributed by atoms with Gasteiger partial charge in [-0.25, -0.2) is 0 Å². The predicted molar refractivity (Wildman–Crippen MR) is 125 cm³/mol. The summed E-state index contributed by atoms with van der Waals surface area (Å²) in [4.78, 5) is 0. The van der Waals surface area contributed by atoms with Gasteiger partial charge in [-0.2, -0.15) is 0 Å². The lowest BCUT2D eigenvalue weighted by Crippen LogP contribution is -3.00. The highest BCUT2D eigenvalue weighted by atomic mass is 35.5. The molecule has 3 rings (SSSR count). The van der Waals surface area contributed by atoms with Crippen molar-refractivity contribution < 1.29 is 28.4 Å². The maximum atomic E-state index is 10.2. The fraction of sp³-hybridized carbons (Fsp3) is 0.778. The molecule has 0 spiro atoms. The summed E-state index contributed by atoms with van der Waals surface area (Å²) in [5, 5.41) is 20.2. The van der Waals surface area contributed by atoms with Gasteiger partial charge in [0.2, 0.25) is 0 Å². The monoisotopic (exact) mass is 451 g/mol. The van der Waals surface area contributed by atoms with Gasteiger partial charge >= 0.3 is 0 Å². The Morgan fingerprint density at radius 3 is 2.68 bits per heavy atom. The average molecular weight is 452 g/mol. The molecule has 0 aromatic heterocycles. The van der Waals surface area contributed by atoms with Crippen LogP contribution in [0.4, 0.5) is 0 Å². The van der Waals surface area contributed by atoms with E-state index < -0.39 is 5.60 Å². The van der Waals surface area contributed by atoms with Crippen LogP contribution in [0.15, 0.2) is 35.5 Å². The van der Waals surface area contributed by atoms with Crippen LogP contribution in [0, 0.1) is 23.2 Å². The SMILES string of the molecule is C=C1/C(=C\C=C2/CCC[C@]3(C)[C@@H]([C@H](C)CCCC(C)(C)O)CC[C@@H]23)C[C@@H](O)C[C@@H]1[NH3+].[Cl-]. The number of rotatable bonds is 6. The highest BCUT2D eigenvalue weighted by Crippen LogP contribution is 2.60. The first-order valence-electron chi connectivity index (χ1n) is 12.3. The molecule has 4 heteroatoms. The molecule has 0 aromatic rings. The average Bonchev–Trinajstić information content (AvgIpc) is 3.00. The summed E-state index contributed by atoms with van der Waals surface area (Å²) < 4.78 is 0. The minimum atomic E-state index is -0.542. The smallest absolute Gasteiger partial charge is 0.112 e. The number of quaternary nitrogens is 1. The maximum absolute atomic E-state index is 10.2. The van der Waals surface area contributed by atoms with E-state index in [1.165, 1.54) is 44.1 Å². The highest BCUT2D eigenvalue weighted by Gasteiger charge is 2.50. The van der Waals surface area contributed by atoms with Gasteiger partial charge < -0.3 is 28.4 Å². The van der Waals surface area contributed by atoms with E-state index in [4.69, 9.17) is 0 Å². The van der Waals surface area contributed by atoms with E-state index in [1.807, 2.05) is 13.8 Å². The number of aliphatic hydroxyl groups is 2. The molecule has 3 saturated carbocycles. The molecule has 3 nitrogen and oxygen atoms in total. The van der Waals surface area contributed by atoms with Gasteiger partial charge in [0, 0.05) is 12.0 Å². The molecule has 0 aliphatic heterocycles. The first-order valence-corrected chi connectivity index (χ1v) is 12.3. The van der Waals surface area contributed by atoms with Gasteiger partial charge in [-0.3, -0.25) is 0 Å². The van der Waals surface area contributed by atoms with Gasteiger partial charge in [0.05, 0.1) is 11.7 Å². The second-order valence-corrected chi connectivity index (χ2v) is 11.5. The van der Waals surface area contributed by atoms with Crippen molar-refractivity contribution in [3.63, 3.8) is 0 Å². The largest absolute Gasteiger partial charge is 1.00 e. The maximum Gasteiger partial charge on any atom is 0.112 e. The normalized spacial score (nSPS) is 37.6. The first-order chi connectivity index (χ1) is 14.0. The quantitative estimate of drug-likeness (QED) is 0.577. The van der Waals surface area contributed by atoms with E-state index in [1.54, 1.807) is 5.57 Å². The van der Waals surface area contributed by atoms with Crippen molar-refractivity contribution in [2.24, 2.45) is 23.2 Å². The molecule has 3 aliphatic rings. The number of aliphatic hydroxyl groups excluding tert-OH is 1. The lowest BCUT2D eigenvalue weighted by molar-refractivity contribution is -0.411. The summed E-state index contributed by atoms with van der Waals surface area (Å²) in [5.74, 6) is 2.21. The van der Waals surface area contributed by atoms with E-state index in [0.29, 0.717) is 11.3 Å². The third-order valence-corrected chi connectivity index (χ3v) is 8.59. The van der Waals surface area contributed by atoms with Crippen LogP contribution in [0.1, 0.15) is 91.9 Å². The van der Waals surface area contributed by atoms with Crippen LogP contribution in [0.5, 0.6) is 0 Å². The second-order valence-electron chi connectivity index (χ2n) is 11.5. The molecule has 31 heavy (non-hydrogen) atoms. The summed E-state index contributed by atoms with van der Waals surface area (Å²) in [6.07, 6.45) is 15.6. The lowest BCUT2D eigenvalue weighted by atomic mass is 9.60. The van der Waals surface area contributed by atoms with E-state index >= 15 is 0 Å². The molecular formula is C27H46ClNO2. The van der Waals surface area contributed by atoms with Crippen molar-refractivity contribution >= 4 is 0 Å². The Bertz CT molecular complexity index is 692. The predicted octanol–water partition coefficient (Wildman–Crippen LogP) is 1.96. The molecular weight excluding hydrogens is 406 g/mol. The van der Waals surface area contributed by atoms with Crippen LogP contribution < -0.4 is 18.1 Å². The fourth-order valence-electron chi connectivity index (χ4n) is 6.86. The van der Waals surface area contributed by atoms with Crippen molar-refractivity contribution in [1.82, 2.24) is 0 Å². The van der Waals surface area contributed by atoms with Crippen LogP contribution in [0.2, 0.25) is 0 Å². The molecule has 178 valence electrons. The number of fused-ring (bicyclic) bond motifs is 1. The molecule has 5 N–H and O–H groups in total. The second kappa shape index (κ2) is 10.5. The van der Waals surface area contributed by atoms with E-state index in [-0.39, 0.29) is 24.6 Å². The van der Waals surface area contributed by atoms with Crippen LogP contribution >= 0.6 is 0 Å². The Hall–Kier alpha value is -0.610. The number of allylic oxidation sites excluding steroid dienone is 3. The van der Waals surface area contributed by atoms with E-state index in [0.717, 1.165) is 43.1 Å². The van der Waals surface area contributed by atoms with Crippen LogP contribution in [-0.4, -0.2) is 28.0 Å². The molecule has 0 bridgehead atoms. The third-order valence-electron chi connectivity index (χ3n) is 8.59. The topological polar surface area (TPSA) is 68.1 Å². The van der Waals surface area contributed by atoms with Crippen molar-refractivity contribution in [3.05, 3.63) is 35.5 Å². The van der Waals surface area contributed by atoms with Crippen LogP contribution in [-0.2, 0) is 0 Å². The van der Waals surface area contributed by atoms with E-state index in [9.17, 15) is 10.2 Å². The Kier molecular flexibility index (Phi) is 9.06. The number of halogens is 1. The summed E-state index contributed by atoms with van der Waals surface area (Å²) in [6, 6.07) is 0.135. The van der Waals surface area contributed by atoms with Crippen molar-refractivity contribution in [2.45, 2.75) is 110 Å². The zero-order valence-corrected chi connectivity index (χ0v) is 21.1. The number of hydrogen-bond donors (Lipinski definition) is 3. The standard InChI is InChI=1S/C27H45NO2.ClH/c1-18(8-6-14-26(3,4)30)23-12-13-24-20(9-7-15-27(23,24)5)10-11-21-16-22(29)17-25(28)19(21)2;/h10-11,18,22-25,29-30H,2,6-9,12-17,28H2,1,3-5H3;1H/b20-10+,21-11-;/t18-,22-,23-,24+,25+,27-;/m1./s1. The first kappa shape index (κ1) is 26.6. The van der Waals surface area contributed by atoms with Gasteiger partial charge in [0.1, 0.15) is 6.04 Å². The zero-order chi connectivity index (χ0) is 22.1. The summed E-state index contributed by atoms with van der Waals surface area (Å²) in [5.41, 5.74) is 7.97. The highest BCUT2D eigenvalue weighted by molar-refractivity contribution is 5.38. The van der Waals surface area contributed by atoms with Crippen molar-refractivity contribution in [3.8, 4) is 0 Å². The fourth-order valence-corrected chi connectivity index (χ4v) is 6.86. The molecule has 0 amide bonds. The molecule has 3 fully saturated rings. The Morgan fingerprint density at radius 1 is 1.29 bits per heavy atom. The summed E-state index contributed by atoms with van der Waals surface area (Å²) >= 11 is 0. The van der Waals surface area contributed by atoms with Gasteiger partial charge in [-0.1, -0.05) is 51.0 Å². The minimum Gasteiger partial charge on any atom is -1.00 e. The number of hydrogen-bond acceptors (Lipinski definition) is 2. The van der Waals surface area contributed by atoms with Crippen molar-refractivity contribution in [2.75, 3.05) is 0 Å². The van der Waals surface area contributed by atoms with Gasteiger partial charge in [-0.15, -0.1) is 0 Å². The minimum absolute atomic E-state index is 0. The lowest BCUT2D eigenvalue weighted by Gasteiger charge is -2.44. The van der Waals surface area contributed by atoms with Gasteiger partial charge in [0.15, 0.2) is 0 Å². The molecule has 0 radical (unpaired) electrons. The van der Waals surface area contributed by atoms with E-state index in [2.05, 4.69) is 38.3 Å².